The van der Waals surface area contributed by atoms with Crippen molar-refractivity contribution >= 4 is 17.9 Å². The molecule has 1 saturated carbocycles. The number of carbonyl (C=O) groups is 1. The van der Waals surface area contributed by atoms with E-state index in [1.54, 1.807) is 11.8 Å². The third-order valence-corrected chi connectivity index (χ3v) is 7.04. The Morgan fingerprint density at radius 2 is 1.90 bits per heavy atom. The fraction of sp³-hybridized carbons (Fsp3) is 0.708. The minimum Gasteiger partial charge on any atom is -0.444 e. The molecule has 3 rings (SSSR count). The highest BCUT2D eigenvalue weighted by Crippen LogP contribution is 2.48. The maximum atomic E-state index is 12.2. The van der Waals surface area contributed by atoms with Gasteiger partial charge in [0.25, 0.3) is 0 Å². The molecule has 5 nitrogen and oxygen atoms in total. The van der Waals surface area contributed by atoms with Crippen molar-refractivity contribution in [1.29, 1.82) is 0 Å². The number of ether oxygens (including phenoxy) is 2. The van der Waals surface area contributed by atoms with Gasteiger partial charge in [-0.3, -0.25) is 0 Å². The molecule has 6 heteroatoms. The molecule has 30 heavy (non-hydrogen) atoms. The maximum absolute atomic E-state index is 12.2. The van der Waals surface area contributed by atoms with Gasteiger partial charge in [-0.1, -0.05) is 12.1 Å². The van der Waals surface area contributed by atoms with Crippen molar-refractivity contribution in [2.45, 2.75) is 70.2 Å². The van der Waals surface area contributed by atoms with Gasteiger partial charge in [-0.2, -0.15) is 0 Å². The van der Waals surface area contributed by atoms with E-state index in [0.29, 0.717) is 18.4 Å². The minimum absolute atomic E-state index is 0.174. The predicted molar refractivity (Wildman–Crippen MR) is 121 cm³/mol. The first kappa shape index (κ1) is 23.4. The molecule has 0 spiro atoms. The number of aliphatic hydroxyl groups excluding tert-OH is 1. The van der Waals surface area contributed by atoms with E-state index >= 15 is 0 Å². The van der Waals surface area contributed by atoms with Gasteiger partial charge in [0.05, 0.1) is 19.3 Å². The molecule has 0 bridgehead atoms. The number of piperidine rings is 1. The lowest BCUT2D eigenvalue weighted by Crippen LogP contribution is -2.42. The zero-order chi connectivity index (χ0) is 21.7. The standard InChI is InChI=1S/C24H37NO4S/c1-17(26)16-30-21-7-5-18(6-8-21)14-28-15-20-13-22(20)19-9-11-25(12-10-19)23(27)29-24(2,3)4/h5-8,17,19-20,22,26H,9-16H2,1-4H3/t17?,20-,22+/m0/s1. The lowest BCUT2D eigenvalue weighted by molar-refractivity contribution is 0.0170. The molecule has 2 aliphatic rings. The van der Waals surface area contributed by atoms with E-state index in [4.69, 9.17) is 9.47 Å². The van der Waals surface area contributed by atoms with Crippen LogP contribution >= 0.6 is 11.8 Å². The van der Waals surface area contributed by atoms with Crippen LogP contribution in [0.5, 0.6) is 0 Å². The van der Waals surface area contributed by atoms with Crippen LogP contribution in [0.25, 0.3) is 0 Å². The monoisotopic (exact) mass is 435 g/mol. The Bertz CT molecular complexity index is 677. The van der Waals surface area contributed by atoms with Crippen LogP contribution in [0.4, 0.5) is 4.79 Å². The summed E-state index contributed by atoms with van der Waals surface area (Å²) in [6.45, 7) is 10.7. The number of carbonyl (C=O) groups excluding carboxylic acids is 1. The second kappa shape index (κ2) is 10.4. The molecule has 0 aromatic heterocycles. The van der Waals surface area contributed by atoms with Gasteiger partial charge in [-0.15, -0.1) is 11.8 Å². The number of likely N-dealkylation sites (tertiary alicyclic amines) is 1. The largest absolute Gasteiger partial charge is 0.444 e. The highest BCUT2D eigenvalue weighted by molar-refractivity contribution is 7.99. The van der Waals surface area contributed by atoms with Gasteiger partial charge in [-0.25, -0.2) is 4.79 Å². The number of benzene rings is 1. The van der Waals surface area contributed by atoms with Gasteiger partial charge in [0, 0.05) is 23.7 Å². The van der Waals surface area contributed by atoms with E-state index in [-0.39, 0.29) is 12.2 Å². The summed E-state index contributed by atoms with van der Waals surface area (Å²) in [7, 11) is 0. The van der Waals surface area contributed by atoms with Crippen molar-refractivity contribution in [3.8, 4) is 0 Å². The van der Waals surface area contributed by atoms with Crippen LogP contribution in [0.15, 0.2) is 29.2 Å². The number of rotatable bonds is 8. The summed E-state index contributed by atoms with van der Waals surface area (Å²) in [4.78, 5) is 15.2. The fourth-order valence-electron chi connectivity index (χ4n) is 4.10. The Morgan fingerprint density at radius 1 is 1.23 bits per heavy atom. The van der Waals surface area contributed by atoms with Crippen molar-refractivity contribution in [2.75, 3.05) is 25.4 Å². The van der Waals surface area contributed by atoms with Crippen molar-refractivity contribution in [3.05, 3.63) is 29.8 Å². The number of nitrogens with zero attached hydrogens (tertiary/aromatic N) is 1. The second-order valence-electron chi connectivity index (χ2n) is 9.78. The number of hydrogen-bond acceptors (Lipinski definition) is 5. The van der Waals surface area contributed by atoms with Gasteiger partial charge in [0.15, 0.2) is 0 Å². The second-order valence-corrected chi connectivity index (χ2v) is 10.9. The van der Waals surface area contributed by atoms with E-state index in [2.05, 4.69) is 24.3 Å². The van der Waals surface area contributed by atoms with Gasteiger partial charge in [-0.05, 0) is 82.4 Å². The smallest absolute Gasteiger partial charge is 0.410 e. The van der Waals surface area contributed by atoms with E-state index < -0.39 is 5.60 Å². The lowest BCUT2D eigenvalue weighted by atomic mass is 9.91. The molecule has 1 amide bonds. The summed E-state index contributed by atoms with van der Waals surface area (Å²) in [6, 6.07) is 8.43. The van der Waals surface area contributed by atoms with Gasteiger partial charge < -0.3 is 19.5 Å². The summed E-state index contributed by atoms with van der Waals surface area (Å²) >= 11 is 1.67. The van der Waals surface area contributed by atoms with Crippen LogP contribution in [0.3, 0.4) is 0 Å². The number of aliphatic hydroxyl groups is 1. The molecule has 0 radical (unpaired) electrons. The average molecular weight is 436 g/mol. The third kappa shape index (κ3) is 7.47. The van der Waals surface area contributed by atoms with Gasteiger partial charge in [0.1, 0.15) is 5.60 Å². The fourth-order valence-corrected chi connectivity index (χ4v) is 4.87. The summed E-state index contributed by atoms with van der Waals surface area (Å²) in [5, 5.41) is 9.37. The van der Waals surface area contributed by atoms with Gasteiger partial charge >= 0.3 is 6.09 Å². The first-order chi connectivity index (χ1) is 14.2. The van der Waals surface area contributed by atoms with E-state index in [1.807, 2.05) is 32.6 Å². The van der Waals surface area contributed by atoms with Crippen molar-refractivity contribution in [3.63, 3.8) is 0 Å². The van der Waals surface area contributed by atoms with Crippen LogP contribution in [0, 0.1) is 17.8 Å². The summed E-state index contributed by atoms with van der Waals surface area (Å²) in [5.74, 6) is 2.85. The highest BCUT2D eigenvalue weighted by atomic mass is 32.2. The molecule has 1 aliphatic heterocycles. The highest BCUT2D eigenvalue weighted by Gasteiger charge is 2.44. The summed E-state index contributed by atoms with van der Waals surface area (Å²) < 4.78 is 11.5. The topological polar surface area (TPSA) is 59.0 Å². The number of hydrogen-bond donors (Lipinski definition) is 1. The third-order valence-electron chi connectivity index (χ3n) is 5.79. The molecule has 168 valence electrons. The SMILES string of the molecule is CC(O)CSc1ccc(COC[C@@H]2C[C@@H]2C2CCN(C(=O)OC(C)(C)C)CC2)cc1. The average Bonchev–Trinajstić information content (AvgIpc) is 3.46. The molecule has 1 N–H and O–H groups in total. The van der Waals surface area contributed by atoms with Crippen molar-refractivity contribution in [1.82, 2.24) is 4.90 Å². The summed E-state index contributed by atoms with van der Waals surface area (Å²) in [6.07, 6.45) is 2.95. The van der Waals surface area contributed by atoms with E-state index in [0.717, 1.165) is 44.2 Å². The molecule has 1 aliphatic carbocycles. The predicted octanol–water partition coefficient (Wildman–Crippen LogP) is 4.96. The maximum Gasteiger partial charge on any atom is 0.410 e. The minimum atomic E-state index is -0.427. The van der Waals surface area contributed by atoms with E-state index in [9.17, 15) is 9.90 Å². The first-order valence-corrected chi connectivity index (χ1v) is 12.2. The Hall–Kier alpha value is -1.24. The van der Waals surface area contributed by atoms with Crippen LogP contribution < -0.4 is 0 Å². The molecular weight excluding hydrogens is 398 g/mol. The molecule has 1 aromatic carbocycles. The molecule has 1 heterocycles. The molecule has 3 atom stereocenters. The lowest BCUT2D eigenvalue weighted by Gasteiger charge is -2.33. The number of thioether (sulfide) groups is 1. The molecule has 1 aromatic rings. The Balaban J connectivity index is 1.31. The Labute approximate surface area is 185 Å². The normalized spacial score (nSPS) is 23.3. The first-order valence-electron chi connectivity index (χ1n) is 11.2. The van der Waals surface area contributed by atoms with E-state index in [1.165, 1.54) is 16.9 Å². The Morgan fingerprint density at radius 3 is 2.50 bits per heavy atom. The van der Waals surface area contributed by atoms with Crippen LogP contribution in [-0.2, 0) is 16.1 Å². The van der Waals surface area contributed by atoms with Crippen molar-refractivity contribution < 1.29 is 19.4 Å². The summed E-state index contributed by atoms with van der Waals surface area (Å²) in [5.41, 5.74) is 0.767. The number of amides is 1. The zero-order valence-corrected chi connectivity index (χ0v) is 19.6. The molecule has 1 unspecified atom stereocenters. The van der Waals surface area contributed by atoms with Crippen LogP contribution in [0.1, 0.15) is 52.5 Å². The van der Waals surface area contributed by atoms with Crippen LogP contribution in [0.2, 0.25) is 0 Å². The molecule has 2 fully saturated rings. The molecule has 1 saturated heterocycles. The quantitative estimate of drug-likeness (QED) is 0.585. The van der Waals surface area contributed by atoms with Gasteiger partial charge in [0.2, 0.25) is 0 Å². The molecular formula is C24H37NO4S. The van der Waals surface area contributed by atoms with Crippen LogP contribution in [-0.4, -0.2) is 53.3 Å². The Kier molecular flexibility index (Phi) is 8.11. The zero-order valence-electron chi connectivity index (χ0n) is 18.8. The van der Waals surface area contributed by atoms with Crippen molar-refractivity contribution in [2.24, 2.45) is 17.8 Å².